The molecule has 1 N–H and O–H groups in total. The van der Waals surface area contributed by atoms with Crippen LogP contribution >= 0.6 is 24.0 Å². The van der Waals surface area contributed by atoms with Gasteiger partial charge in [0.15, 0.2) is 5.96 Å². The molecule has 0 bridgehead atoms. The highest BCUT2D eigenvalue weighted by Crippen LogP contribution is 2.12. The number of rotatable bonds is 6. The van der Waals surface area contributed by atoms with Gasteiger partial charge in [-0.15, -0.1) is 24.0 Å². The van der Waals surface area contributed by atoms with Gasteiger partial charge in [-0.05, 0) is 37.5 Å². The van der Waals surface area contributed by atoms with E-state index >= 15 is 0 Å². The summed E-state index contributed by atoms with van der Waals surface area (Å²) in [5, 5.41) is 3.31. The van der Waals surface area contributed by atoms with E-state index in [2.05, 4.69) is 23.2 Å². The largest absolute Gasteiger partial charge is 0.377 e. The van der Waals surface area contributed by atoms with Crippen molar-refractivity contribution < 1.29 is 9.13 Å². The molecular weight excluding hydrogens is 420 g/mol. The highest BCUT2D eigenvalue weighted by Gasteiger charge is 2.08. The number of nitrogens with zero attached hydrogens (tertiary/aromatic N) is 2. The van der Waals surface area contributed by atoms with E-state index in [1.807, 2.05) is 19.2 Å². The number of benzene rings is 1. The fraction of sp³-hybridized carbons (Fsp3) is 0.500. The maximum Gasteiger partial charge on any atom is 0.193 e. The Bertz CT molecular complexity index is 546. The zero-order chi connectivity index (χ0) is 16.5. The summed E-state index contributed by atoms with van der Waals surface area (Å²) in [7, 11) is 2.00. The summed E-state index contributed by atoms with van der Waals surface area (Å²) in [5.74, 6) is 0.672. The Morgan fingerprint density at radius 2 is 2.08 bits per heavy atom. The molecule has 2 rings (SSSR count). The second-order valence-corrected chi connectivity index (χ2v) is 5.66. The maximum atomic E-state index is 13.0. The molecule has 1 heterocycles. The van der Waals surface area contributed by atoms with Gasteiger partial charge in [-0.25, -0.2) is 4.39 Å². The van der Waals surface area contributed by atoms with Gasteiger partial charge in [0.1, 0.15) is 5.82 Å². The third-order valence-corrected chi connectivity index (χ3v) is 3.78. The van der Waals surface area contributed by atoms with Crippen molar-refractivity contribution >= 4 is 29.9 Å². The molecule has 1 aromatic carbocycles. The quantitative estimate of drug-likeness (QED) is 0.314. The van der Waals surface area contributed by atoms with Crippen LogP contribution in [0.3, 0.4) is 0 Å². The Morgan fingerprint density at radius 3 is 2.71 bits per heavy atom. The molecule has 134 valence electrons. The predicted octanol–water partition coefficient (Wildman–Crippen LogP) is 3.58. The number of ether oxygens (including phenoxy) is 1. The van der Waals surface area contributed by atoms with Crippen LogP contribution in [-0.4, -0.2) is 44.2 Å². The summed E-state index contributed by atoms with van der Waals surface area (Å²) in [6, 6.07) is 6.60. The van der Waals surface area contributed by atoms with Crippen LogP contribution in [0, 0.1) is 5.82 Å². The van der Waals surface area contributed by atoms with Crippen molar-refractivity contribution in [2.24, 2.45) is 4.99 Å². The molecule has 0 amide bonds. The molecule has 0 fully saturated rings. The second-order valence-electron chi connectivity index (χ2n) is 5.66. The minimum absolute atomic E-state index is 0. The summed E-state index contributed by atoms with van der Waals surface area (Å²) >= 11 is 0. The third-order valence-electron chi connectivity index (χ3n) is 3.78. The fourth-order valence-electron chi connectivity index (χ4n) is 2.51. The van der Waals surface area contributed by atoms with Crippen LogP contribution in [-0.2, 0) is 11.3 Å². The van der Waals surface area contributed by atoms with Crippen molar-refractivity contribution in [3.05, 3.63) is 47.3 Å². The molecule has 24 heavy (non-hydrogen) atoms. The molecule has 4 nitrogen and oxygen atoms in total. The normalized spacial score (nSPS) is 14.6. The van der Waals surface area contributed by atoms with Crippen LogP contribution in [0.4, 0.5) is 4.39 Å². The molecular formula is C18H27FIN3O. The van der Waals surface area contributed by atoms with Gasteiger partial charge in [0.25, 0.3) is 0 Å². The zero-order valence-electron chi connectivity index (χ0n) is 14.4. The predicted molar refractivity (Wildman–Crippen MR) is 107 cm³/mol. The van der Waals surface area contributed by atoms with Crippen molar-refractivity contribution in [1.29, 1.82) is 0 Å². The summed E-state index contributed by atoms with van der Waals surface area (Å²) in [6.45, 7) is 5.89. The van der Waals surface area contributed by atoms with Crippen molar-refractivity contribution in [2.75, 3.05) is 33.4 Å². The first-order valence-electron chi connectivity index (χ1n) is 8.18. The van der Waals surface area contributed by atoms with Crippen molar-refractivity contribution in [2.45, 2.75) is 26.3 Å². The van der Waals surface area contributed by atoms with E-state index in [0.717, 1.165) is 50.7 Å². The smallest absolute Gasteiger partial charge is 0.193 e. The van der Waals surface area contributed by atoms with Crippen molar-refractivity contribution in [1.82, 2.24) is 10.2 Å². The van der Waals surface area contributed by atoms with Crippen molar-refractivity contribution in [3.63, 3.8) is 0 Å². The maximum absolute atomic E-state index is 13.0. The van der Waals surface area contributed by atoms with Gasteiger partial charge in [-0.3, -0.25) is 4.99 Å². The fourth-order valence-corrected chi connectivity index (χ4v) is 2.51. The van der Waals surface area contributed by atoms with E-state index in [0.29, 0.717) is 6.54 Å². The number of hydrogen-bond donors (Lipinski definition) is 1. The minimum Gasteiger partial charge on any atom is -0.377 e. The lowest BCUT2D eigenvalue weighted by Crippen LogP contribution is -2.38. The number of hydrogen-bond acceptors (Lipinski definition) is 2. The van der Waals surface area contributed by atoms with Crippen LogP contribution in [0.2, 0.25) is 0 Å². The number of nitrogens with one attached hydrogen (secondary N) is 1. The first kappa shape index (κ1) is 20.9. The Morgan fingerprint density at radius 1 is 1.33 bits per heavy atom. The van der Waals surface area contributed by atoms with Gasteiger partial charge < -0.3 is 15.0 Å². The summed E-state index contributed by atoms with van der Waals surface area (Å²) in [5.41, 5.74) is 2.49. The summed E-state index contributed by atoms with van der Waals surface area (Å²) in [4.78, 5) is 6.76. The van der Waals surface area contributed by atoms with Gasteiger partial charge in [0, 0.05) is 26.7 Å². The SMILES string of the molecule is CCNC(=NCCC1=CCOCC1)N(C)Cc1ccc(F)cc1.I. The third kappa shape index (κ3) is 7.17. The molecule has 0 aromatic heterocycles. The van der Waals surface area contributed by atoms with E-state index in [1.165, 1.54) is 17.7 Å². The molecule has 0 saturated carbocycles. The van der Waals surface area contributed by atoms with Gasteiger partial charge in [-0.2, -0.15) is 0 Å². The Hall–Kier alpha value is -1.15. The van der Waals surface area contributed by atoms with Crippen LogP contribution in [0.25, 0.3) is 0 Å². The summed E-state index contributed by atoms with van der Waals surface area (Å²) < 4.78 is 18.3. The molecule has 6 heteroatoms. The average Bonchev–Trinajstić information content (AvgIpc) is 2.57. The molecule has 1 aromatic rings. The Labute approximate surface area is 161 Å². The van der Waals surface area contributed by atoms with E-state index in [1.54, 1.807) is 0 Å². The molecule has 0 radical (unpaired) electrons. The Kier molecular flexibility index (Phi) is 9.94. The molecule has 0 unspecified atom stereocenters. The van der Waals surface area contributed by atoms with Crippen LogP contribution < -0.4 is 5.32 Å². The van der Waals surface area contributed by atoms with Crippen molar-refractivity contribution in [3.8, 4) is 0 Å². The second kappa shape index (κ2) is 11.4. The lowest BCUT2D eigenvalue weighted by Gasteiger charge is -2.22. The highest BCUT2D eigenvalue weighted by molar-refractivity contribution is 14.0. The first-order chi connectivity index (χ1) is 11.2. The van der Waals surface area contributed by atoms with Crippen LogP contribution in [0.15, 0.2) is 40.9 Å². The molecule has 0 saturated heterocycles. The minimum atomic E-state index is -0.207. The molecule has 0 aliphatic carbocycles. The first-order valence-corrected chi connectivity index (χ1v) is 8.18. The van der Waals surface area contributed by atoms with Crippen LogP contribution in [0.1, 0.15) is 25.3 Å². The molecule has 0 spiro atoms. The lowest BCUT2D eigenvalue weighted by molar-refractivity contribution is 0.153. The molecule has 1 aliphatic rings. The highest BCUT2D eigenvalue weighted by atomic mass is 127. The van der Waals surface area contributed by atoms with E-state index < -0.39 is 0 Å². The van der Waals surface area contributed by atoms with E-state index in [-0.39, 0.29) is 29.8 Å². The summed E-state index contributed by atoms with van der Waals surface area (Å²) in [6.07, 6.45) is 4.15. The topological polar surface area (TPSA) is 36.9 Å². The number of aliphatic imine (C=N–C) groups is 1. The lowest BCUT2D eigenvalue weighted by atomic mass is 10.1. The van der Waals surface area contributed by atoms with Gasteiger partial charge >= 0.3 is 0 Å². The van der Waals surface area contributed by atoms with Gasteiger partial charge in [0.2, 0.25) is 0 Å². The van der Waals surface area contributed by atoms with E-state index in [4.69, 9.17) is 9.73 Å². The number of guanidine groups is 1. The van der Waals surface area contributed by atoms with Gasteiger partial charge in [0.05, 0.1) is 13.2 Å². The van der Waals surface area contributed by atoms with Crippen LogP contribution in [0.5, 0.6) is 0 Å². The molecule has 1 aliphatic heterocycles. The van der Waals surface area contributed by atoms with E-state index in [9.17, 15) is 4.39 Å². The molecule has 0 atom stereocenters. The number of halogens is 2. The zero-order valence-corrected chi connectivity index (χ0v) is 16.8. The standard InChI is InChI=1S/C18H26FN3O.HI/c1-3-20-18(21-11-8-15-9-12-23-13-10-15)22(2)14-16-4-6-17(19)7-5-16;/h4-7,9H,3,8,10-14H2,1-2H3,(H,20,21);1H. The monoisotopic (exact) mass is 447 g/mol. The average molecular weight is 447 g/mol. The van der Waals surface area contributed by atoms with Gasteiger partial charge in [-0.1, -0.05) is 23.8 Å². The Balaban J connectivity index is 0.00000288.